The maximum Gasteiger partial charge on any atom is 0.166 e. The third-order valence-corrected chi connectivity index (χ3v) is 5.95. The second kappa shape index (κ2) is 6.26. The van der Waals surface area contributed by atoms with Crippen LogP contribution < -0.4 is 10.6 Å². The molecule has 1 aliphatic rings. The summed E-state index contributed by atoms with van der Waals surface area (Å²) in [6.07, 6.45) is 3.51. The summed E-state index contributed by atoms with van der Waals surface area (Å²) < 4.78 is 22.8. The number of thiocarbonyl (C=S) groups is 1. The van der Waals surface area contributed by atoms with Gasteiger partial charge in [0.25, 0.3) is 0 Å². The first kappa shape index (κ1) is 15.3. The number of aromatic amines is 1. The van der Waals surface area contributed by atoms with Gasteiger partial charge < -0.3 is 15.6 Å². The molecule has 1 fully saturated rings. The molecule has 118 valence electrons. The molecule has 1 atom stereocenters. The molecular weight excluding hydrogens is 318 g/mol. The molecule has 0 saturated carbocycles. The Morgan fingerprint density at radius 2 is 2.18 bits per heavy atom. The lowest BCUT2D eigenvalue weighted by molar-refractivity contribution is 0.600. The number of benzene rings is 1. The van der Waals surface area contributed by atoms with E-state index in [2.05, 4.69) is 27.8 Å². The molecule has 2 aromatic rings. The number of H-pyrrole nitrogens is 1. The summed E-state index contributed by atoms with van der Waals surface area (Å²) in [4.78, 5) is 3.25. The molecule has 0 radical (unpaired) electrons. The molecule has 1 aromatic heterocycles. The predicted molar refractivity (Wildman–Crippen MR) is 92.8 cm³/mol. The molecule has 22 heavy (non-hydrogen) atoms. The smallest absolute Gasteiger partial charge is 0.166 e. The molecule has 5 nitrogen and oxygen atoms in total. The third-order valence-electron chi connectivity index (χ3n) is 3.92. The molecule has 1 aliphatic heterocycles. The molecule has 1 aromatic carbocycles. The number of nitrogens with one attached hydrogen (secondary N) is 3. The van der Waals surface area contributed by atoms with E-state index in [-0.39, 0.29) is 17.5 Å². The number of aromatic nitrogens is 1. The largest absolute Gasteiger partial charge is 0.362 e. The first-order valence-corrected chi connectivity index (χ1v) is 9.56. The van der Waals surface area contributed by atoms with E-state index in [4.69, 9.17) is 12.2 Å². The Kier molecular flexibility index (Phi) is 4.35. The van der Waals surface area contributed by atoms with Crippen molar-refractivity contribution in [2.24, 2.45) is 0 Å². The maximum atomic E-state index is 11.4. The predicted octanol–water partition coefficient (Wildman–Crippen LogP) is 1.36. The van der Waals surface area contributed by atoms with Crippen LogP contribution in [0.4, 0.5) is 0 Å². The van der Waals surface area contributed by atoms with Crippen LogP contribution in [0.25, 0.3) is 10.9 Å². The number of hydrogen-bond donors (Lipinski definition) is 3. The van der Waals surface area contributed by atoms with Gasteiger partial charge in [-0.3, -0.25) is 0 Å². The van der Waals surface area contributed by atoms with E-state index in [9.17, 15) is 8.42 Å². The standard InChI is InChI=1S/C15H19N3O2S2/c19-22(20)8-6-12(10-22)18-15(21)16-7-5-11-9-17-14-4-2-1-3-13(11)14/h1-4,9,12,17H,5-8,10H2,(H2,16,18,21)/t12-/m0/s1. The molecule has 3 N–H and O–H groups in total. The minimum absolute atomic E-state index is 0.0573. The monoisotopic (exact) mass is 337 g/mol. The average molecular weight is 337 g/mol. The van der Waals surface area contributed by atoms with Crippen molar-refractivity contribution in [3.63, 3.8) is 0 Å². The summed E-state index contributed by atoms with van der Waals surface area (Å²) in [6, 6.07) is 8.13. The van der Waals surface area contributed by atoms with Crippen LogP contribution in [0, 0.1) is 0 Å². The van der Waals surface area contributed by atoms with Crippen molar-refractivity contribution in [3.8, 4) is 0 Å². The van der Waals surface area contributed by atoms with E-state index < -0.39 is 9.84 Å². The number of fused-ring (bicyclic) bond motifs is 1. The normalized spacial score (nSPS) is 20.1. The Bertz CT molecular complexity index is 783. The van der Waals surface area contributed by atoms with Crippen molar-refractivity contribution >= 4 is 38.1 Å². The van der Waals surface area contributed by atoms with E-state index in [1.54, 1.807) is 0 Å². The van der Waals surface area contributed by atoms with Crippen LogP contribution in [-0.4, -0.2) is 42.6 Å². The summed E-state index contributed by atoms with van der Waals surface area (Å²) in [5.41, 5.74) is 2.38. The van der Waals surface area contributed by atoms with Gasteiger partial charge in [0.1, 0.15) is 0 Å². The van der Waals surface area contributed by atoms with E-state index in [1.807, 2.05) is 18.3 Å². The molecule has 0 aliphatic carbocycles. The van der Waals surface area contributed by atoms with Crippen LogP contribution in [0.5, 0.6) is 0 Å². The zero-order valence-electron chi connectivity index (χ0n) is 12.1. The lowest BCUT2D eigenvalue weighted by atomic mass is 10.1. The van der Waals surface area contributed by atoms with Gasteiger partial charge in [-0.05, 0) is 36.7 Å². The molecule has 0 spiro atoms. The second-order valence-electron chi connectivity index (χ2n) is 5.61. The first-order valence-electron chi connectivity index (χ1n) is 7.33. The van der Waals surface area contributed by atoms with E-state index in [0.717, 1.165) is 11.9 Å². The SMILES string of the molecule is O=S1(=O)CC[C@H](NC(=S)NCCc2c[nH]c3ccccc23)C1. The van der Waals surface area contributed by atoms with Crippen molar-refractivity contribution < 1.29 is 8.42 Å². The maximum absolute atomic E-state index is 11.4. The fourth-order valence-electron chi connectivity index (χ4n) is 2.79. The van der Waals surface area contributed by atoms with Gasteiger partial charge in [0, 0.05) is 29.7 Å². The van der Waals surface area contributed by atoms with Gasteiger partial charge in [0.2, 0.25) is 0 Å². The summed E-state index contributed by atoms with van der Waals surface area (Å²) >= 11 is 5.23. The van der Waals surface area contributed by atoms with E-state index in [0.29, 0.717) is 18.1 Å². The minimum atomic E-state index is -2.88. The lowest BCUT2D eigenvalue weighted by Crippen LogP contribution is -2.43. The van der Waals surface area contributed by atoms with Crippen molar-refractivity contribution in [3.05, 3.63) is 36.0 Å². The van der Waals surface area contributed by atoms with Gasteiger partial charge in [-0.1, -0.05) is 18.2 Å². The Balaban J connectivity index is 1.48. The number of para-hydroxylation sites is 1. The highest BCUT2D eigenvalue weighted by atomic mass is 32.2. The molecule has 7 heteroatoms. The molecule has 2 heterocycles. The van der Waals surface area contributed by atoms with Gasteiger partial charge in [-0.15, -0.1) is 0 Å². The highest BCUT2D eigenvalue weighted by Crippen LogP contribution is 2.17. The molecule has 0 amide bonds. The second-order valence-corrected chi connectivity index (χ2v) is 8.25. The quantitative estimate of drug-likeness (QED) is 0.735. The average Bonchev–Trinajstić information content (AvgIpc) is 3.03. The van der Waals surface area contributed by atoms with Crippen LogP contribution >= 0.6 is 12.2 Å². The number of rotatable bonds is 4. The van der Waals surface area contributed by atoms with Crippen LogP contribution in [0.1, 0.15) is 12.0 Å². The van der Waals surface area contributed by atoms with Gasteiger partial charge in [0.15, 0.2) is 14.9 Å². The number of sulfone groups is 1. The molecule has 0 bridgehead atoms. The summed E-state index contributed by atoms with van der Waals surface area (Å²) in [5.74, 6) is 0.430. The molecular formula is C15H19N3O2S2. The van der Waals surface area contributed by atoms with Crippen LogP contribution in [0.3, 0.4) is 0 Å². The minimum Gasteiger partial charge on any atom is -0.362 e. The third kappa shape index (κ3) is 3.59. The van der Waals surface area contributed by atoms with Gasteiger partial charge >= 0.3 is 0 Å². The van der Waals surface area contributed by atoms with Crippen LogP contribution in [0.15, 0.2) is 30.5 Å². The van der Waals surface area contributed by atoms with Gasteiger partial charge in [-0.2, -0.15) is 0 Å². The molecule has 0 unspecified atom stereocenters. The van der Waals surface area contributed by atoms with E-state index >= 15 is 0 Å². The summed E-state index contributed by atoms with van der Waals surface area (Å²) in [6.45, 7) is 0.715. The first-order chi connectivity index (χ1) is 10.5. The fourth-order valence-corrected chi connectivity index (χ4v) is 4.74. The highest BCUT2D eigenvalue weighted by molar-refractivity contribution is 7.91. The molecule has 3 rings (SSSR count). The van der Waals surface area contributed by atoms with E-state index in [1.165, 1.54) is 10.9 Å². The van der Waals surface area contributed by atoms with Crippen molar-refractivity contribution in [1.82, 2.24) is 15.6 Å². The zero-order chi connectivity index (χ0) is 15.6. The Morgan fingerprint density at radius 1 is 1.36 bits per heavy atom. The molecule has 1 saturated heterocycles. The van der Waals surface area contributed by atoms with Crippen molar-refractivity contribution in [2.45, 2.75) is 18.9 Å². The number of hydrogen-bond acceptors (Lipinski definition) is 3. The highest BCUT2D eigenvalue weighted by Gasteiger charge is 2.28. The topological polar surface area (TPSA) is 74.0 Å². The Hall–Kier alpha value is -1.60. The zero-order valence-corrected chi connectivity index (χ0v) is 13.8. The van der Waals surface area contributed by atoms with Gasteiger partial charge in [0.05, 0.1) is 11.5 Å². The lowest BCUT2D eigenvalue weighted by Gasteiger charge is -2.14. The summed E-state index contributed by atoms with van der Waals surface area (Å²) in [7, 11) is -2.88. The fraction of sp³-hybridized carbons (Fsp3) is 0.400. The van der Waals surface area contributed by atoms with Gasteiger partial charge in [-0.25, -0.2) is 8.42 Å². The van der Waals surface area contributed by atoms with Crippen LogP contribution in [-0.2, 0) is 16.3 Å². The Labute approximate surface area is 135 Å². The summed E-state index contributed by atoms with van der Waals surface area (Å²) in [5, 5.41) is 7.99. The Morgan fingerprint density at radius 3 is 2.95 bits per heavy atom. The van der Waals surface area contributed by atoms with Crippen LogP contribution in [0.2, 0.25) is 0 Å². The van der Waals surface area contributed by atoms with Crippen molar-refractivity contribution in [1.29, 1.82) is 0 Å². The van der Waals surface area contributed by atoms with Crippen molar-refractivity contribution in [2.75, 3.05) is 18.1 Å².